The minimum absolute atomic E-state index is 0.0308. The van der Waals surface area contributed by atoms with Gasteiger partial charge in [0.15, 0.2) is 5.78 Å². The first kappa shape index (κ1) is 17.9. The quantitative estimate of drug-likeness (QED) is 0.734. The number of piperidine rings is 1. The minimum atomic E-state index is -0.361. The molecule has 2 aliphatic heterocycles. The van der Waals surface area contributed by atoms with Gasteiger partial charge in [0, 0.05) is 23.8 Å². The van der Waals surface area contributed by atoms with E-state index in [4.69, 9.17) is 0 Å². The normalized spacial score (nSPS) is 27.1. The van der Waals surface area contributed by atoms with Gasteiger partial charge in [-0.1, -0.05) is 42.0 Å². The van der Waals surface area contributed by atoms with E-state index in [0.717, 1.165) is 16.7 Å². The van der Waals surface area contributed by atoms with Crippen molar-refractivity contribution in [1.82, 2.24) is 16.2 Å². The van der Waals surface area contributed by atoms with Gasteiger partial charge < -0.3 is 5.32 Å². The van der Waals surface area contributed by atoms with Crippen molar-refractivity contribution < 1.29 is 9.59 Å². The Bertz CT molecular complexity index is 891. The van der Waals surface area contributed by atoms with Crippen molar-refractivity contribution in [3.05, 3.63) is 70.3 Å². The van der Waals surface area contributed by atoms with Gasteiger partial charge in [-0.15, -0.1) is 0 Å². The maximum Gasteiger partial charge on any atom is 0.222 e. The number of hydrazine groups is 1. The molecular formula is C22H25N3O2. The third-order valence-electron chi connectivity index (χ3n) is 5.92. The summed E-state index contributed by atoms with van der Waals surface area (Å²) in [4.78, 5) is 25.6. The monoisotopic (exact) mass is 363 g/mol. The molecule has 4 atom stereocenters. The number of hydrogen-bond acceptors (Lipinski definition) is 4. The van der Waals surface area contributed by atoms with Crippen LogP contribution < -0.4 is 16.2 Å². The first-order valence-corrected chi connectivity index (χ1v) is 9.42. The van der Waals surface area contributed by atoms with Gasteiger partial charge in [0.05, 0.1) is 12.2 Å². The number of carbonyl (C=O) groups excluding carboxylic acids is 2. The highest BCUT2D eigenvalue weighted by molar-refractivity contribution is 6.01. The Hall–Kier alpha value is -2.50. The molecule has 2 saturated heterocycles. The molecule has 2 heterocycles. The molecule has 5 heteroatoms. The molecule has 1 amide bonds. The van der Waals surface area contributed by atoms with E-state index in [9.17, 15) is 9.59 Å². The standard InChI is InChI=1S/C22H25N3O2/c1-12-4-7-15(8-5-12)20-19-17(11-18(26)23-22(19)25-24-20)21(27)16-9-6-13(2)14(3)10-16/h4-10,17,19-20,22,24-25H,11H2,1-3H3,(H,23,26). The van der Waals surface area contributed by atoms with Crippen molar-refractivity contribution in [3.63, 3.8) is 0 Å². The number of hydrogen-bond donors (Lipinski definition) is 3. The van der Waals surface area contributed by atoms with E-state index in [0.29, 0.717) is 5.56 Å². The van der Waals surface area contributed by atoms with Crippen molar-refractivity contribution in [3.8, 4) is 0 Å². The van der Waals surface area contributed by atoms with Crippen LogP contribution in [-0.4, -0.2) is 17.9 Å². The Morgan fingerprint density at radius 3 is 2.41 bits per heavy atom. The molecule has 2 aromatic carbocycles. The number of fused-ring (bicyclic) bond motifs is 1. The second kappa shape index (κ2) is 6.91. The Labute approximate surface area is 159 Å². The van der Waals surface area contributed by atoms with Crippen LogP contribution in [0.5, 0.6) is 0 Å². The van der Waals surface area contributed by atoms with Crippen molar-refractivity contribution in [2.45, 2.75) is 39.4 Å². The smallest absolute Gasteiger partial charge is 0.222 e. The van der Waals surface area contributed by atoms with E-state index in [1.807, 2.05) is 32.0 Å². The number of aryl methyl sites for hydroxylation is 3. The highest BCUT2D eigenvalue weighted by atomic mass is 16.2. The van der Waals surface area contributed by atoms with E-state index >= 15 is 0 Å². The van der Waals surface area contributed by atoms with E-state index in [1.165, 1.54) is 5.56 Å². The molecule has 2 aromatic rings. The van der Waals surface area contributed by atoms with Crippen LogP contribution in [0.15, 0.2) is 42.5 Å². The molecule has 4 unspecified atom stereocenters. The number of rotatable bonds is 3. The number of carbonyl (C=O) groups is 2. The van der Waals surface area contributed by atoms with E-state index < -0.39 is 0 Å². The molecule has 0 aromatic heterocycles. The average molecular weight is 363 g/mol. The van der Waals surface area contributed by atoms with Crippen molar-refractivity contribution in [2.24, 2.45) is 11.8 Å². The zero-order valence-corrected chi connectivity index (χ0v) is 15.9. The fourth-order valence-electron chi connectivity index (χ4n) is 4.19. The van der Waals surface area contributed by atoms with Crippen LogP contribution in [0.4, 0.5) is 0 Å². The molecular weight excluding hydrogens is 338 g/mol. The van der Waals surface area contributed by atoms with Gasteiger partial charge in [0.1, 0.15) is 0 Å². The Kier molecular flexibility index (Phi) is 4.58. The summed E-state index contributed by atoms with van der Waals surface area (Å²) in [6.07, 6.45) is -0.0309. The first-order valence-electron chi connectivity index (χ1n) is 9.42. The molecule has 0 saturated carbocycles. The lowest BCUT2D eigenvalue weighted by atomic mass is 9.74. The lowest BCUT2D eigenvalue weighted by Gasteiger charge is -2.35. The maximum absolute atomic E-state index is 13.3. The average Bonchev–Trinajstić information content (AvgIpc) is 3.07. The zero-order chi connectivity index (χ0) is 19.1. The highest BCUT2D eigenvalue weighted by Gasteiger charge is 2.48. The molecule has 140 valence electrons. The van der Waals surface area contributed by atoms with Gasteiger partial charge >= 0.3 is 0 Å². The third-order valence-corrected chi connectivity index (χ3v) is 5.92. The molecule has 2 aliphatic rings. The Balaban J connectivity index is 1.68. The summed E-state index contributed by atoms with van der Waals surface area (Å²) >= 11 is 0. The fraction of sp³-hybridized carbons (Fsp3) is 0.364. The highest BCUT2D eigenvalue weighted by Crippen LogP contribution is 2.39. The van der Waals surface area contributed by atoms with Gasteiger partial charge in [0.25, 0.3) is 0 Å². The van der Waals surface area contributed by atoms with Gasteiger partial charge in [-0.05, 0) is 43.5 Å². The van der Waals surface area contributed by atoms with Gasteiger partial charge in [-0.2, -0.15) is 0 Å². The predicted octanol–water partition coefficient (Wildman–Crippen LogP) is 2.72. The van der Waals surface area contributed by atoms with Crippen LogP contribution in [0.1, 0.15) is 45.1 Å². The Morgan fingerprint density at radius 1 is 0.963 bits per heavy atom. The topological polar surface area (TPSA) is 70.2 Å². The summed E-state index contributed by atoms with van der Waals surface area (Å²) in [6, 6.07) is 14.1. The van der Waals surface area contributed by atoms with Crippen LogP contribution in [-0.2, 0) is 4.79 Å². The number of nitrogens with one attached hydrogen (secondary N) is 3. The lowest BCUT2D eigenvalue weighted by molar-refractivity contribution is -0.125. The molecule has 0 bridgehead atoms. The molecule has 0 radical (unpaired) electrons. The Morgan fingerprint density at radius 2 is 1.70 bits per heavy atom. The fourth-order valence-corrected chi connectivity index (χ4v) is 4.19. The van der Waals surface area contributed by atoms with E-state index in [2.05, 4.69) is 47.4 Å². The summed E-state index contributed by atoms with van der Waals surface area (Å²) < 4.78 is 0. The van der Waals surface area contributed by atoms with Gasteiger partial charge in [-0.3, -0.25) is 9.59 Å². The van der Waals surface area contributed by atoms with Crippen molar-refractivity contribution in [2.75, 3.05) is 0 Å². The maximum atomic E-state index is 13.3. The second-order valence-corrected chi connectivity index (χ2v) is 7.77. The summed E-state index contributed by atoms with van der Waals surface area (Å²) in [5.74, 6) is -0.443. The van der Waals surface area contributed by atoms with Crippen LogP contribution in [0.3, 0.4) is 0 Å². The number of amides is 1. The SMILES string of the molecule is Cc1ccc(C2NNC3NC(=O)CC(C(=O)c4ccc(C)c(C)c4)C32)cc1. The number of Topliss-reactive ketones (excluding diaryl/α,β-unsaturated/α-hetero) is 1. The largest absolute Gasteiger partial charge is 0.339 e. The molecule has 3 N–H and O–H groups in total. The second-order valence-electron chi connectivity index (χ2n) is 7.77. The lowest BCUT2D eigenvalue weighted by Crippen LogP contribution is -2.54. The minimum Gasteiger partial charge on any atom is -0.339 e. The van der Waals surface area contributed by atoms with E-state index in [-0.39, 0.29) is 42.2 Å². The first-order chi connectivity index (χ1) is 12.9. The van der Waals surface area contributed by atoms with Gasteiger partial charge in [-0.25, -0.2) is 10.9 Å². The van der Waals surface area contributed by atoms with Crippen LogP contribution in [0.25, 0.3) is 0 Å². The van der Waals surface area contributed by atoms with Crippen molar-refractivity contribution >= 4 is 11.7 Å². The van der Waals surface area contributed by atoms with Crippen molar-refractivity contribution in [1.29, 1.82) is 0 Å². The summed E-state index contributed by atoms with van der Waals surface area (Å²) in [5.41, 5.74) is 11.7. The number of benzene rings is 2. The van der Waals surface area contributed by atoms with E-state index in [1.54, 1.807) is 0 Å². The summed E-state index contributed by atoms with van der Waals surface area (Å²) in [6.45, 7) is 6.10. The molecule has 27 heavy (non-hydrogen) atoms. The summed E-state index contributed by atoms with van der Waals surface area (Å²) in [7, 11) is 0. The summed E-state index contributed by atoms with van der Waals surface area (Å²) in [5, 5.41) is 2.98. The molecule has 0 spiro atoms. The predicted molar refractivity (Wildman–Crippen MR) is 104 cm³/mol. The van der Waals surface area contributed by atoms with Crippen LogP contribution in [0.2, 0.25) is 0 Å². The number of ketones is 1. The van der Waals surface area contributed by atoms with Crippen LogP contribution in [0, 0.1) is 32.6 Å². The van der Waals surface area contributed by atoms with Crippen LogP contribution >= 0.6 is 0 Å². The van der Waals surface area contributed by atoms with Gasteiger partial charge in [0.2, 0.25) is 5.91 Å². The molecule has 2 fully saturated rings. The molecule has 0 aliphatic carbocycles. The third kappa shape index (κ3) is 3.29. The molecule has 5 nitrogen and oxygen atoms in total. The zero-order valence-electron chi connectivity index (χ0n) is 15.9. The molecule has 4 rings (SSSR count).